The van der Waals surface area contributed by atoms with Crippen molar-refractivity contribution in [3.8, 4) is 6.07 Å². The molecule has 1 N–H and O–H groups in total. The van der Waals surface area contributed by atoms with E-state index in [2.05, 4.69) is 60.1 Å². The van der Waals surface area contributed by atoms with E-state index in [9.17, 15) is 4.79 Å². The van der Waals surface area contributed by atoms with E-state index >= 15 is 0 Å². The maximum atomic E-state index is 12.9. The van der Waals surface area contributed by atoms with E-state index in [0.717, 1.165) is 43.2 Å². The molecule has 4 aliphatic rings. The van der Waals surface area contributed by atoms with Crippen LogP contribution in [-0.4, -0.2) is 21.5 Å². The van der Waals surface area contributed by atoms with E-state index < -0.39 is 0 Å². The van der Waals surface area contributed by atoms with Crippen LogP contribution in [0.3, 0.4) is 0 Å². The van der Waals surface area contributed by atoms with Crippen molar-refractivity contribution in [2.45, 2.75) is 71.8 Å². The lowest BCUT2D eigenvalue weighted by molar-refractivity contribution is -0.0137. The van der Waals surface area contributed by atoms with Gasteiger partial charge < -0.3 is 9.88 Å². The standard InChI is InChI=1S/C31H36N4O/c1-20-18-35(19-33-20)28-11-10-26-25-9-8-23-16-24(34-29(36)22-6-4-21(17-32)5-7-22)12-14-30(23,2)27(25)13-15-31(26,28)3/h4-8,11,18-19,24-27H,9-10,12-16H2,1-3H3,(H,34,36)/t24-,25?,26?,27?,30-,31-/m0/s1. The number of benzene rings is 1. The molecule has 1 amide bonds. The second-order valence-corrected chi connectivity index (χ2v) is 12.1. The topological polar surface area (TPSA) is 70.7 Å². The van der Waals surface area contributed by atoms with Crippen molar-refractivity contribution in [1.82, 2.24) is 14.9 Å². The molecule has 0 saturated heterocycles. The maximum absolute atomic E-state index is 12.9. The van der Waals surface area contributed by atoms with E-state index in [0.29, 0.717) is 17.0 Å². The van der Waals surface area contributed by atoms with Crippen molar-refractivity contribution in [1.29, 1.82) is 5.26 Å². The highest BCUT2D eigenvalue weighted by Gasteiger charge is 2.57. The Morgan fingerprint density at radius 2 is 1.86 bits per heavy atom. The number of imidazole rings is 1. The number of nitrogens with zero attached hydrogens (tertiary/aromatic N) is 3. The van der Waals surface area contributed by atoms with Gasteiger partial charge in [-0.25, -0.2) is 4.98 Å². The first-order valence-corrected chi connectivity index (χ1v) is 13.5. The summed E-state index contributed by atoms with van der Waals surface area (Å²) >= 11 is 0. The van der Waals surface area contributed by atoms with Crippen LogP contribution in [0.2, 0.25) is 0 Å². The number of rotatable bonds is 3. The van der Waals surface area contributed by atoms with Gasteiger partial charge in [0, 0.05) is 28.9 Å². The third-order valence-corrected chi connectivity index (χ3v) is 10.2. The molecule has 6 atom stereocenters. The third kappa shape index (κ3) is 3.57. The number of hydrogen-bond acceptors (Lipinski definition) is 3. The van der Waals surface area contributed by atoms with E-state index in [-0.39, 0.29) is 22.8 Å². The lowest BCUT2D eigenvalue weighted by atomic mass is 9.47. The molecule has 0 bridgehead atoms. The average Bonchev–Trinajstić information content (AvgIpc) is 3.46. The van der Waals surface area contributed by atoms with Gasteiger partial charge in [-0.3, -0.25) is 4.79 Å². The van der Waals surface area contributed by atoms with Crippen LogP contribution in [0, 0.1) is 46.8 Å². The molecule has 36 heavy (non-hydrogen) atoms. The Morgan fingerprint density at radius 1 is 1.08 bits per heavy atom. The van der Waals surface area contributed by atoms with Gasteiger partial charge in [-0.05, 0) is 99.3 Å². The first kappa shape index (κ1) is 23.3. The van der Waals surface area contributed by atoms with Crippen molar-refractivity contribution < 1.29 is 4.79 Å². The van der Waals surface area contributed by atoms with Gasteiger partial charge in [-0.2, -0.15) is 5.26 Å². The lowest BCUT2D eigenvalue weighted by Crippen LogP contribution is -2.51. The van der Waals surface area contributed by atoms with Crippen molar-refractivity contribution in [3.05, 3.63) is 71.3 Å². The van der Waals surface area contributed by atoms with Crippen LogP contribution in [0.4, 0.5) is 0 Å². The minimum atomic E-state index is -0.0323. The molecule has 1 aromatic heterocycles. The van der Waals surface area contributed by atoms with Crippen molar-refractivity contribution >= 4 is 11.6 Å². The fraction of sp³-hybridized carbons (Fsp3) is 0.516. The summed E-state index contributed by atoms with van der Waals surface area (Å²) in [4.78, 5) is 17.4. The van der Waals surface area contributed by atoms with Crippen molar-refractivity contribution in [2.75, 3.05) is 0 Å². The van der Waals surface area contributed by atoms with Gasteiger partial charge in [0.15, 0.2) is 0 Å². The van der Waals surface area contributed by atoms with Crippen LogP contribution in [0.15, 0.2) is 54.5 Å². The molecule has 6 rings (SSSR count). The number of aromatic nitrogens is 2. The van der Waals surface area contributed by atoms with Gasteiger partial charge in [-0.15, -0.1) is 0 Å². The first-order chi connectivity index (χ1) is 17.3. The molecular weight excluding hydrogens is 444 g/mol. The normalized spacial score (nSPS) is 34.9. The number of carbonyl (C=O) groups excluding carboxylic acids is 1. The monoisotopic (exact) mass is 480 g/mol. The van der Waals surface area contributed by atoms with Gasteiger partial charge >= 0.3 is 0 Å². The van der Waals surface area contributed by atoms with Gasteiger partial charge in [-0.1, -0.05) is 31.6 Å². The molecule has 2 fully saturated rings. The fourth-order valence-corrected chi connectivity index (χ4v) is 8.25. The number of aryl methyl sites for hydroxylation is 1. The highest BCUT2D eigenvalue weighted by molar-refractivity contribution is 5.94. The Bertz CT molecular complexity index is 1290. The number of carbonyl (C=O) groups is 1. The average molecular weight is 481 g/mol. The Hall–Kier alpha value is -3.13. The molecule has 2 saturated carbocycles. The van der Waals surface area contributed by atoms with Gasteiger partial charge in [0.1, 0.15) is 0 Å². The van der Waals surface area contributed by atoms with Gasteiger partial charge in [0.2, 0.25) is 0 Å². The Morgan fingerprint density at radius 3 is 2.58 bits per heavy atom. The molecule has 0 spiro atoms. The van der Waals surface area contributed by atoms with E-state index in [1.54, 1.807) is 29.8 Å². The van der Waals surface area contributed by atoms with E-state index in [1.165, 1.54) is 25.0 Å². The summed E-state index contributed by atoms with van der Waals surface area (Å²) in [6, 6.07) is 9.22. The molecule has 186 valence electrons. The number of allylic oxidation sites excluding steroid dienone is 3. The largest absolute Gasteiger partial charge is 0.349 e. The summed E-state index contributed by atoms with van der Waals surface area (Å²) in [6.07, 6.45) is 17.2. The molecule has 1 aromatic carbocycles. The zero-order valence-electron chi connectivity index (χ0n) is 21.6. The molecule has 0 radical (unpaired) electrons. The quantitative estimate of drug-likeness (QED) is 0.526. The van der Waals surface area contributed by atoms with Crippen molar-refractivity contribution in [2.24, 2.45) is 28.6 Å². The van der Waals surface area contributed by atoms with E-state index in [1.807, 2.05) is 6.33 Å². The van der Waals surface area contributed by atoms with Gasteiger partial charge in [0.25, 0.3) is 5.91 Å². The molecule has 4 aliphatic carbocycles. The van der Waals surface area contributed by atoms with Crippen LogP contribution in [0.25, 0.3) is 5.70 Å². The van der Waals surface area contributed by atoms with Crippen LogP contribution >= 0.6 is 0 Å². The number of hydrogen-bond donors (Lipinski definition) is 1. The summed E-state index contributed by atoms with van der Waals surface area (Å²) < 4.78 is 2.28. The minimum absolute atomic E-state index is 0.0323. The second-order valence-electron chi connectivity index (χ2n) is 12.1. The summed E-state index contributed by atoms with van der Waals surface area (Å²) in [5, 5.41) is 12.3. The fourth-order valence-electron chi connectivity index (χ4n) is 8.25. The molecule has 3 unspecified atom stereocenters. The summed E-state index contributed by atoms with van der Waals surface area (Å²) in [6.45, 7) is 7.08. The Kier molecular flexibility index (Phi) is 5.48. The summed E-state index contributed by atoms with van der Waals surface area (Å²) in [7, 11) is 0. The van der Waals surface area contributed by atoms with Crippen LogP contribution in [0.1, 0.15) is 80.4 Å². The smallest absolute Gasteiger partial charge is 0.251 e. The Labute approximate surface area is 214 Å². The first-order valence-electron chi connectivity index (χ1n) is 13.5. The molecule has 5 heteroatoms. The third-order valence-electron chi connectivity index (χ3n) is 10.2. The van der Waals surface area contributed by atoms with Crippen LogP contribution in [-0.2, 0) is 0 Å². The SMILES string of the molecule is Cc1cn(C2=CCC3C4CC=C5C[C@@H](NC(=O)c6ccc(C#N)cc6)CC[C@]5(C)C4CC[C@]23C)cn1. The highest BCUT2D eigenvalue weighted by Crippen LogP contribution is 2.65. The zero-order valence-corrected chi connectivity index (χ0v) is 21.6. The second kappa shape index (κ2) is 8.47. The van der Waals surface area contributed by atoms with Gasteiger partial charge in [0.05, 0.1) is 23.7 Å². The number of fused-ring (bicyclic) bond motifs is 5. The lowest BCUT2D eigenvalue weighted by Gasteiger charge is -2.58. The predicted molar refractivity (Wildman–Crippen MR) is 141 cm³/mol. The molecule has 5 nitrogen and oxygen atoms in total. The molecule has 2 aromatic rings. The molecular formula is C31H36N4O. The molecule has 1 heterocycles. The van der Waals surface area contributed by atoms with Crippen molar-refractivity contribution in [3.63, 3.8) is 0 Å². The summed E-state index contributed by atoms with van der Waals surface area (Å²) in [5.41, 5.74) is 5.79. The molecule has 0 aliphatic heterocycles. The van der Waals surface area contributed by atoms with Crippen LogP contribution in [0.5, 0.6) is 0 Å². The van der Waals surface area contributed by atoms with Crippen LogP contribution < -0.4 is 5.32 Å². The summed E-state index contributed by atoms with van der Waals surface area (Å²) in [5.74, 6) is 2.11. The number of nitriles is 1. The highest BCUT2D eigenvalue weighted by atomic mass is 16.1. The van der Waals surface area contributed by atoms with E-state index in [4.69, 9.17) is 5.26 Å². The Balaban J connectivity index is 1.17. The number of nitrogens with one attached hydrogen (secondary N) is 1. The zero-order chi connectivity index (χ0) is 25.1. The number of amides is 1. The minimum Gasteiger partial charge on any atom is -0.349 e. The predicted octanol–water partition coefficient (Wildman–Crippen LogP) is 6.28. The maximum Gasteiger partial charge on any atom is 0.251 e.